The van der Waals surface area contributed by atoms with Gasteiger partial charge in [0, 0.05) is 32.4 Å². The van der Waals surface area contributed by atoms with Gasteiger partial charge < -0.3 is 10.3 Å². The zero-order valence-electron chi connectivity index (χ0n) is 11.3. The van der Waals surface area contributed by atoms with Crippen LogP contribution in [0.4, 0.5) is 5.82 Å². The van der Waals surface area contributed by atoms with Crippen LogP contribution in [0.25, 0.3) is 0 Å². The molecule has 0 aromatic carbocycles. The average molecular weight is 263 g/mol. The summed E-state index contributed by atoms with van der Waals surface area (Å²) in [4.78, 5) is 20.6. The van der Waals surface area contributed by atoms with Crippen LogP contribution in [0, 0.1) is 0 Å². The second-order valence-corrected chi connectivity index (χ2v) is 4.71. The Morgan fingerprint density at radius 3 is 2.63 bits per heavy atom. The number of nitrogens with two attached hydrogens (primary N) is 1. The Kier molecular flexibility index (Phi) is 4.70. The van der Waals surface area contributed by atoms with Gasteiger partial charge in [0.25, 0.3) is 5.91 Å². The van der Waals surface area contributed by atoms with Gasteiger partial charge in [-0.05, 0) is 25.1 Å². The van der Waals surface area contributed by atoms with E-state index in [-0.39, 0.29) is 5.91 Å². The van der Waals surface area contributed by atoms with Crippen molar-refractivity contribution >= 4 is 11.7 Å². The van der Waals surface area contributed by atoms with Crippen LogP contribution in [0.3, 0.4) is 0 Å². The highest BCUT2D eigenvalue weighted by Gasteiger charge is 2.21. The van der Waals surface area contributed by atoms with Crippen molar-refractivity contribution in [3.8, 4) is 0 Å². The molecule has 1 aromatic rings. The fraction of sp³-hybridized carbons (Fsp3) is 0.538. The van der Waals surface area contributed by atoms with E-state index in [1.54, 1.807) is 18.3 Å². The standard InChI is InChI=1S/C13H21N5O/c1-2-5-17-6-8-18(9-7-17)13(19)11-3-4-12(16-14)15-10-11/h3-4,10H,2,5-9,14H2,1H3,(H,15,16). The lowest BCUT2D eigenvalue weighted by atomic mass is 10.2. The first-order valence-electron chi connectivity index (χ1n) is 6.69. The van der Waals surface area contributed by atoms with E-state index in [2.05, 4.69) is 22.2 Å². The third-order valence-electron chi connectivity index (χ3n) is 3.36. The molecule has 0 aliphatic carbocycles. The number of hydrazine groups is 1. The van der Waals surface area contributed by atoms with Crippen LogP contribution >= 0.6 is 0 Å². The number of aromatic nitrogens is 1. The van der Waals surface area contributed by atoms with Crippen LogP contribution in [0.15, 0.2) is 18.3 Å². The van der Waals surface area contributed by atoms with Crippen LogP contribution in [0.1, 0.15) is 23.7 Å². The molecular formula is C13H21N5O. The molecule has 1 aromatic heterocycles. The Morgan fingerprint density at radius 1 is 1.37 bits per heavy atom. The summed E-state index contributed by atoms with van der Waals surface area (Å²) < 4.78 is 0. The van der Waals surface area contributed by atoms with Crippen molar-refractivity contribution in [2.75, 3.05) is 38.1 Å². The molecule has 1 aliphatic rings. The van der Waals surface area contributed by atoms with E-state index in [1.165, 1.54) is 0 Å². The van der Waals surface area contributed by atoms with Crippen LogP contribution in [-0.2, 0) is 0 Å². The number of nitrogen functional groups attached to an aromatic ring is 1. The summed E-state index contributed by atoms with van der Waals surface area (Å²) in [6.45, 7) is 6.77. The molecule has 6 nitrogen and oxygen atoms in total. The van der Waals surface area contributed by atoms with Gasteiger partial charge >= 0.3 is 0 Å². The fourth-order valence-electron chi connectivity index (χ4n) is 2.28. The molecule has 104 valence electrons. The number of amides is 1. The molecule has 1 saturated heterocycles. The van der Waals surface area contributed by atoms with Crippen molar-refractivity contribution in [1.29, 1.82) is 0 Å². The molecule has 0 spiro atoms. The summed E-state index contributed by atoms with van der Waals surface area (Å²) in [5, 5.41) is 0. The molecular weight excluding hydrogens is 242 g/mol. The van der Waals surface area contributed by atoms with Crippen LogP contribution in [0.2, 0.25) is 0 Å². The van der Waals surface area contributed by atoms with E-state index in [0.717, 1.165) is 39.1 Å². The summed E-state index contributed by atoms with van der Waals surface area (Å²) in [6, 6.07) is 3.46. The highest BCUT2D eigenvalue weighted by atomic mass is 16.2. The van der Waals surface area contributed by atoms with E-state index in [4.69, 9.17) is 5.84 Å². The molecule has 3 N–H and O–H groups in total. The molecule has 0 unspecified atom stereocenters. The molecule has 1 fully saturated rings. The Hall–Kier alpha value is -1.66. The van der Waals surface area contributed by atoms with Crippen molar-refractivity contribution in [3.05, 3.63) is 23.9 Å². The first kappa shape index (κ1) is 13.8. The Morgan fingerprint density at radius 2 is 2.11 bits per heavy atom. The lowest BCUT2D eigenvalue weighted by Crippen LogP contribution is -2.48. The number of hydrogen-bond donors (Lipinski definition) is 2. The lowest BCUT2D eigenvalue weighted by molar-refractivity contribution is 0.0637. The number of nitrogens with zero attached hydrogens (tertiary/aromatic N) is 3. The molecule has 1 amide bonds. The first-order valence-corrected chi connectivity index (χ1v) is 6.69. The summed E-state index contributed by atoms with van der Waals surface area (Å²) in [5.41, 5.74) is 3.06. The van der Waals surface area contributed by atoms with Crippen LogP contribution in [0.5, 0.6) is 0 Å². The van der Waals surface area contributed by atoms with E-state index in [1.807, 2.05) is 4.90 Å². The monoisotopic (exact) mass is 263 g/mol. The van der Waals surface area contributed by atoms with Crippen molar-refractivity contribution in [2.24, 2.45) is 5.84 Å². The third-order valence-corrected chi connectivity index (χ3v) is 3.36. The molecule has 19 heavy (non-hydrogen) atoms. The normalized spacial score (nSPS) is 16.4. The molecule has 0 atom stereocenters. The Bertz CT molecular complexity index is 412. The van der Waals surface area contributed by atoms with Gasteiger partial charge in [-0.2, -0.15) is 0 Å². The quantitative estimate of drug-likeness (QED) is 0.612. The summed E-state index contributed by atoms with van der Waals surface area (Å²) in [6.07, 6.45) is 2.72. The smallest absolute Gasteiger partial charge is 0.255 e. The Balaban J connectivity index is 1.93. The van der Waals surface area contributed by atoms with Gasteiger partial charge in [0.05, 0.1) is 5.56 Å². The zero-order chi connectivity index (χ0) is 13.7. The van der Waals surface area contributed by atoms with Crippen LogP contribution < -0.4 is 11.3 Å². The predicted molar refractivity (Wildman–Crippen MR) is 74.7 cm³/mol. The second kappa shape index (κ2) is 6.49. The van der Waals surface area contributed by atoms with Gasteiger partial charge in [0.15, 0.2) is 0 Å². The first-order chi connectivity index (χ1) is 9.24. The average Bonchev–Trinajstić information content (AvgIpc) is 2.48. The number of piperazine rings is 1. The second-order valence-electron chi connectivity index (χ2n) is 4.71. The van der Waals surface area contributed by atoms with Gasteiger partial charge in [0.2, 0.25) is 0 Å². The molecule has 2 rings (SSSR count). The lowest BCUT2D eigenvalue weighted by Gasteiger charge is -2.34. The number of hydrogen-bond acceptors (Lipinski definition) is 5. The zero-order valence-corrected chi connectivity index (χ0v) is 11.3. The summed E-state index contributed by atoms with van der Waals surface area (Å²) in [7, 11) is 0. The summed E-state index contributed by atoms with van der Waals surface area (Å²) in [5.74, 6) is 5.86. The van der Waals surface area contributed by atoms with Crippen molar-refractivity contribution in [3.63, 3.8) is 0 Å². The van der Waals surface area contributed by atoms with E-state index >= 15 is 0 Å². The number of rotatable bonds is 4. The number of anilines is 1. The highest BCUT2D eigenvalue weighted by Crippen LogP contribution is 2.10. The van der Waals surface area contributed by atoms with Crippen molar-refractivity contribution < 1.29 is 4.79 Å². The minimum Gasteiger partial charge on any atom is -0.336 e. The molecule has 6 heteroatoms. The number of carbonyl (C=O) groups is 1. The molecule has 0 bridgehead atoms. The van der Waals surface area contributed by atoms with Gasteiger partial charge in [-0.25, -0.2) is 10.8 Å². The number of pyridine rings is 1. The maximum Gasteiger partial charge on any atom is 0.255 e. The topological polar surface area (TPSA) is 74.5 Å². The van der Waals surface area contributed by atoms with Crippen molar-refractivity contribution in [1.82, 2.24) is 14.8 Å². The van der Waals surface area contributed by atoms with E-state index in [9.17, 15) is 4.79 Å². The summed E-state index contributed by atoms with van der Waals surface area (Å²) >= 11 is 0. The minimum atomic E-state index is 0.0484. The van der Waals surface area contributed by atoms with Gasteiger partial charge in [0.1, 0.15) is 5.82 Å². The number of nitrogens with one attached hydrogen (secondary N) is 1. The molecule has 1 aliphatic heterocycles. The van der Waals surface area contributed by atoms with E-state index in [0.29, 0.717) is 11.4 Å². The maximum atomic E-state index is 12.3. The Labute approximate surface area is 113 Å². The van der Waals surface area contributed by atoms with Gasteiger partial charge in [-0.1, -0.05) is 6.92 Å². The van der Waals surface area contributed by atoms with Gasteiger partial charge in [-0.3, -0.25) is 9.69 Å². The highest BCUT2D eigenvalue weighted by molar-refractivity contribution is 5.94. The third kappa shape index (κ3) is 3.42. The molecule has 2 heterocycles. The maximum absolute atomic E-state index is 12.3. The van der Waals surface area contributed by atoms with Gasteiger partial charge in [-0.15, -0.1) is 0 Å². The molecule has 0 radical (unpaired) electrons. The fourth-order valence-corrected chi connectivity index (χ4v) is 2.28. The number of carbonyl (C=O) groups excluding carboxylic acids is 1. The minimum absolute atomic E-state index is 0.0484. The molecule has 0 saturated carbocycles. The largest absolute Gasteiger partial charge is 0.336 e. The predicted octanol–water partition coefficient (Wildman–Crippen LogP) is 0.535. The van der Waals surface area contributed by atoms with Crippen LogP contribution in [-0.4, -0.2) is 53.4 Å². The van der Waals surface area contributed by atoms with E-state index < -0.39 is 0 Å². The van der Waals surface area contributed by atoms with Crippen molar-refractivity contribution in [2.45, 2.75) is 13.3 Å². The SMILES string of the molecule is CCCN1CCN(C(=O)c2ccc(NN)nc2)CC1.